The summed E-state index contributed by atoms with van der Waals surface area (Å²) in [5.41, 5.74) is 2.30. The van der Waals surface area contributed by atoms with Gasteiger partial charge in [0.15, 0.2) is 8.32 Å². The Morgan fingerprint density at radius 1 is 1.21 bits per heavy atom. The zero-order valence-corrected chi connectivity index (χ0v) is 18.3. The Morgan fingerprint density at radius 3 is 2.54 bits per heavy atom. The third-order valence-corrected chi connectivity index (χ3v) is 10.0. The number of allylic oxidation sites excluding steroid dienone is 1. The van der Waals surface area contributed by atoms with E-state index >= 15 is 0 Å². The fourth-order valence-electron chi connectivity index (χ4n) is 3.11. The number of hydrogen-bond donors (Lipinski definition) is 0. The molecule has 0 amide bonds. The van der Waals surface area contributed by atoms with E-state index in [-0.39, 0.29) is 6.10 Å². The Bertz CT molecular complexity index is 685. The summed E-state index contributed by atoms with van der Waals surface area (Å²) in [4.78, 5) is 4.52. The molecule has 1 heterocycles. The normalized spacial score (nSPS) is 14.1. The summed E-state index contributed by atoms with van der Waals surface area (Å²) >= 11 is 2.38. The minimum Gasteiger partial charge on any atom is -0.410 e. The molecule has 0 aliphatic rings. The van der Waals surface area contributed by atoms with Crippen LogP contribution in [-0.2, 0) is 4.43 Å². The summed E-state index contributed by atoms with van der Waals surface area (Å²) in [6.07, 6.45) is 5.21. The monoisotopic (exact) mass is 453 g/mol. The van der Waals surface area contributed by atoms with Crippen molar-refractivity contribution in [3.63, 3.8) is 0 Å². The van der Waals surface area contributed by atoms with Crippen molar-refractivity contribution in [1.29, 1.82) is 0 Å². The zero-order valence-electron chi connectivity index (χ0n) is 15.2. The molecule has 4 heteroatoms. The molecule has 24 heavy (non-hydrogen) atoms. The molecule has 1 atom stereocenters. The lowest BCUT2D eigenvalue weighted by Gasteiger charge is -2.33. The molecular weight excluding hydrogens is 425 g/mol. The Balaban J connectivity index is 2.38. The maximum atomic E-state index is 6.83. The number of aromatic nitrogens is 1. The minimum absolute atomic E-state index is 0.132. The van der Waals surface area contributed by atoms with Crippen LogP contribution in [0.5, 0.6) is 0 Å². The van der Waals surface area contributed by atoms with E-state index in [1.165, 1.54) is 32.7 Å². The van der Waals surface area contributed by atoms with E-state index in [2.05, 4.69) is 85.6 Å². The van der Waals surface area contributed by atoms with Crippen molar-refractivity contribution in [2.45, 2.75) is 58.4 Å². The molecule has 2 nitrogen and oxygen atoms in total. The van der Waals surface area contributed by atoms with Crippen LogP contribution < -0.4 is 0 Å². The highest BCUT2D eigenvalue weighted by molar-refractivity contribution is 14.1. The molecule has 0 N–H and O–H groups in total. The Morgan fingerprint density at radius 2 is 1.92 bits per heavy atom. The summed E-state index contributed by atoms with van der Waals surface area (Å²) < 4.78 is 8.15. The topological polar surface area (TPSA) is 22.1 Å². The van der Waals surface area contributed by atoms with E-state index in [0.29, 0.717) is 0 Å². The number of halogens is 1. The van der Waals surface area contributed by atoms with Gasteiger partial charge in [-0.2, -0.15) is 0 Å². The lowest BCUT2D eigenvalue weighted by molar-refractivity contribution is 0.193. The molecule has 0 bridgehead atoms. The van der Waals surface area contributed by atoms with Crippen molar-refractivity contribution < 1.29 is 4.43 Å². The highest BCUT2D eigenvalue weighted by Gasteiger charge is 2.32. The van der Waals surface area contributed by atoms with Gasteiger partial charge < -0.3 is 4.43 Å². The lowest BCUT2D eigenvalue weighted by Crippen LogP contribution is -2.37. The maximum Gasteiger partial charge on any atom is 0.192 e. The fourth-order valence-corrected chi connectivity index (χ4v) is 6.20. The second-order valence-electron chi connectivity index (χ2n) is 6.33. The molecular formula is C20H28INOSi. The van der Waals surface area contributed by atoms with Crippen molar-refractivity contribution >= 4 is 41.8 Å². The fraction of sp³-hybridized carbons (Fsp3) is 0.450. The van der Waals surface area contributed by atoms with Crippen LogP contribution >= 0.6 is 22.6 Å². The molecule has 0 saturated heterocycles. The highest BCUT2D eigenvalue weighted by Crippen LogP contribution is 2.33. The third-order valence-electron chi connectivity index (χ3n) is 4.94. The van der Waals surface area contributed by atoms with E-state index in [1.54, 1.807) is 0 Å². The van der Waals surface area contributed by atoms with Crippen LogP contribution in [-0.4, -0.2) is 13.3 Å². The molecule has 0 unspecified atom stereocenters. The summed E-state index contributed by atoms with van der Waals surface area (Å²) in [7, 11) is -1.65. The van der Waals surface area contributed by atoms with Gasteiger partial charge in [0.05, 0.1) is 11.6 Å². The molecule has 0 spiro atoms. The van der Waals surface area contributed by atoms with Crippen molar-refractivity contribution in [3.05, 3.63) is 51.7 Å². The van der Waals surface area contributed by atoms with E-state index in [1.807, 2.05) is 12.3 Å². The van der Waals surface area contributed by atoms with Crippen LogP contribution in [0, 0.1) is 0 Å². The van der Waals surface area contributed by atoms with Crippen molar-refractivity contribution in [1.82, 2.24) is 4.98 Å². The van der Waals surface area contributed by atoms with Gasteiger partial charge in [-0.05, 0) is 75.3 Å². The molecule has 0 radical (unpaired) electrons. The summed E-state index contributed by atoms with van der Waals surface area (Å²) in [6.45, 7) is 9.01. The SMILES string of the molecule is CC[Si](CC)(CC)O[C@@H](C/C=C(/C)I)c1ccc2cccnc2c1. The first-order valence-electron chi connectivity index (χ1n) is 8.88. The molecule has 2 rings (SSSR count). The lowest BCUT2D eigenvalue weighted by atomic mass is 10.0. The van der Waals surface area contributed by atoms with E-state index in [0.717, 1.165) is 11.9 Å². The number of hydrogen-bond acceptors (Lipinski definition) is 2. The second-order valence-corrected chi connectivity index (χ2v) is 12.8. The van der Waals surface area contributed by atoms with Gasteiger partial charge in [0.25, 0.3) is 0 Å². The Hall–Kier alpha value is -0.723. The van der Waals surface area contributed by atoms with Gasteiger partial charge in [-0.3, -0.25) is 4.98 Å². The maximum absolute atomic E-state index is 6.83. The predicted octanol–water partition coefficient (Wildman–Crippen LogP) is 7.03. The number of nitrogens with zero attached hydrogens (tertiary/aromatic N) is 1. The predicted molar refractivity (Wildman–Crippen MR) is 115 cm³/mol. The molecule has 0 aliphatic carbocycles. The van der Waals surface area contributed by atoms with Crippen molar-refractivity contribution in [2.24, 2.45) is 0 Å². The molecule has 0 saturated carbocycles. The second kappa shape index (κ2) is 9.11. The van der Waals surface area contributed by atoms with Crippen LogP contribution in [0.15, 0.2) is 46.2 Å². The Kier molecular flexibility index (Phi) is 7.44. The first kappa shape index (κ1) is 19.6. The number of pyridine rings is 1. The van der Waals surface area contributed by atoms with Crippen LogP contribution in [0.4, 0.5) is 0 Å². The van der Waals surface area contributed by atoms with Crippen molar-refractivity contribution in [3.8, 4) is 0 Å². The number of rotatable bonds is 8. The molecule has 0 fully saturated rings. The smallest absolute Gasteiger partial charge is 0.192 e. The Labute approximate surface area is 161 Å². The standard InChI is InChI=1S/C20H28INOSi/c1-5-24(6-2,7-3)23-20(13-10-16(4)21)18-12-11-17-9-8-14-22-19(17)15-18/h8-12,14-15,20H,5-7,13H2,1-4H3/b16-10-/t20-/m0/s1. The third kappa shape index (κ3) is 4.89. The van der Waals surface area contributed by atoms with Crippen LogP contribution in [0.1, 0.15) is 45.8 Å². The van der Waals surface area contributed by atoms with Crippen LogP contribution in [0.2, 0.25) is 18.1 Å². The summed E-state index contributed by atoms with van der Waals surface area (Å²) in [5.74, 6) is 0. The number of benzene rings is 1. The molecule has 1 aromatic carbocycles. The van der Waals surface area contributed by atoms with E-state index in [4.69, 9.17) is 4.43 Å². The van der Waals surface area contributed by atoms with Gasteiger partial charge >= 0.3 is 0 Å². The zero-order chi connectivity index (χ0) is 17.6. The van der Waals surface area contributed by atoms with Gasteiger partial charge in [0.1, 0.15) is 0 Å². The van der Waals surface area contributed by atoms with Gasteiger partial charge in [-0.1, -0.05) is 45.0 Å². The molecule has 0 aliphatic heterocycles. The number of fused-ring (bicyclic) bond motifs is 1. The van der Waals surface area contributed by atoms with Crippen LogP contribution in [0.3, 0.4) is 0 Å². The highest BCUT2D eigenvalue weighted by atomic mass is 127. The average molecular weight is 453 g/mol. The molecule has 130 valence electrons. The first-order chi connectivity index (χ1) is 11.5. The minimum atomic E-state index is -1.65. The molecule has 2 aromatic rings. The van der Waals surface area contributed by atoms with Crippen molar-refractivity contribution in [2.75, 3.05) is 0 Å². The largest absolute Gasteiger partial charge is 0.410 e. The van der Waals surface area contributed by atoms with Crippen LogP contribution in [0.25, 0.3) is 10.9 Å². The van der Waals surface area contributed by atoms with Gasteiger partial charge in [-0.25, -0.2) is 0 Å². The first-order valence-corrected chi connectivity index (χ1v) is 12.5. The molecule has 1 aromatic heterocycles. The summed E-state index contributed by atoms with van der Waals surface area (Å²) in [6, 6.07) is 14.2. The van der Waals surface area contributed by atoms with Gasteiger partial charge in [0.2, 0.25) is 0 Å². The summed E-state index contributed by atoms with van der Waals surface area (Å²) in [5, 5.41) is 1.19. The van der Waals surface area contributed by atoms with Gasteiger partial charge in [0, 0.05) is 11.6 Å². The van der Waals surface area contributed by atoms with Gasteiger partial charge in [-0.15, -0.1) is 0 Å². The average Bonchev–Trinajstić information content (AvgIpc) is 2.62. The quantitative estimate of drug-likeness (QED) is 0.316. The van der Waals surface area contributed by atoms with E-state index in [9.17, 15) is 0 Å². The van der Waals surface area contributed by atoms with E-state index < -0.39 is 8.32 Å².